The predicted octanol–water partition coefficient (Wildman–Crippen LogP) is 2.00. The molecule has 1 aromatic carbocycles. The van der Waals surface area contributed by atoms with E-state index in [1.807, 2.05) is 18.2 Å². The molecular weight excluding hydrogens is 294 g/mol. The maximum atomic E-state index is 12.3. The third kappa shape index (κ3) is 3.64. The van der Waals surface area contributed by atoms with Crippen molar-refractivity contribution >= 4 is 5.91 Å². The zero-order chi connectivity index (χ0) is 16.2. The topological polar surface area (TPSA) is 65.4 Å². The normalized spacial score (nSPS) is 16.4. The highest BCUT2D eigenvalue weighted by Crippen LogP contribution is 2.30. The summed E-state index contributed by atoms with van der Waals surface area (Å²) in [6.45, 7) is 5.81. The number of benzene rings is 1. The molecule has 6 nitrogen and oxygen atoms in total. The zero-order valence-corrected chi connectivity index (χ0v) is 13.4. The van der Waals surface area contributed by atoms with Gasteiger partial charge < -0.3 is 19.4 Å². The van der Waals surface area contributed by atoms with Gasteiger partial charge in [-0.3, -0.25) is 4.79 Å². The summed E-state index contributed by atoms with van der Waals surface area (Å²) >= 11 is 0. The van der Waals surface area contributed by atoms with Crippen molar-refractivity contribution in [2.75, 3.05) is 6.61 Å². The van der Waals surface area contributed by atoms with Crippen LogP contribution in [-0.4, -0.2) is 28.2 Å². The summed E-state index contributed by atoms with van der Waals surface area (Å²) in [5.41, 5.74) is 0.976. The van der Waals surface area contributed by atoms with Gasteiger partial charge in [0.1, 0.15) is 6.61 Å². The third-order valence-electron chi connectivity index (χ3n) is 3.61. The number of hydrogen-bond donors (Lipinski definition) is 1. The molecule has 1 amide bonds. The number of ether oxygens (including phenoxy) is 2. The average molecular weight is 315 g/mol. The lowest BCUT2D eigenvalue weighted by atomic mass is 10.2. The fourth-order valence-electron chi connectivity index (χ4n) is 2.49. The van der Waals surface area contributed by atoms with Crippen molar-refractivity contribution in [1.82, 2.24) is 14.9 Å². The quantitative estimate of drug-likeness (QED) is 0.916. The smallest absolute Gasteiger partial charge is 0.265 e. The van der Waals surface area contributed by atoms with Crippen molar-refractivity contribution in [3.63, 3.8) is 0 Å². The van der Waals surface area contributed by atoms with Gasteiger partial charge in [0.05, 0.1) is 18.6 Å². The van der Waals surface area contributed by atoms with E-state index in [0.717, 1.165) is 12.2 Å². The molecule has 1 aliphatic heterocycles. The van der Waals surface area contributed by atoms with Crippen LogP contribution in [0.3, 0.4) is 0 Å². The summed E-state index contributed by atoms with van der Waals surface area (Å²) in [6.07, 6.45) is 2.93. The second-order valence-corrected chi connectivity index (χ2v) is 6.01. The number of carbonyl (C=O) groups is 1. The first-order chi connectivity index (χ1) is 11.1. The third-order valence-corrected chi connectivity index (χ3v) is 3.61. The van der Waals surface area contributed by atoms with Gasteiger partial charge in [-0.25, -0.2) is 4.98 Å². The fraction of sp³-hybridized carbons (Fsp3) is 0.412. The maximum absolute atomic E-state index is 12.3. The van der Waals surface area contributed by atoms with E-state index in [2.05, 4.69) is 28.7 Å². The molecule has 2 aromatic rings. The summed E-state index contributed by atoms with van der Waals surface area (Å²) in [6, 6.07) is 7.35. The fourth-order valence-corrected chi connectivity index (χ4v) is 2.49. The first kappa shape index (κ1) is 15.4. The summed E-state index contributed by atoms with van der Waals surface area (Å²) in [5.74, 6) is 1.61. The standard InChI is InChI=1S/C17H21N3O3/c1-12(2)9-20-11-18-7-13(20)8-19-17(21)16-10-22-14-5-3-4-6-15(14)23-16/h3-7,11-12,16H,8-10H2,1-2H3,(H,19,21)/t16-/m0/s1. The number of imidazole rings is 1. The van der Waals surface area contributed by atoms with Crippen LogP contribution in [-0.2, 0) is 17.9 Å². The van der Waals surface area contributed by atoms with E-state index in [4.69, 9.17) is 9.47 Å². The SMILES string of the molecule is CC(C)Cn1cncc1CNC(=O)[C@@H]1COc2ccccc2O1. The van der Waals surface area contributed by atoms with E-state index in [0.29, 0.717) is 24.0 Å². The molecule has 2 heterocycles. The van der Waals surface area contributed by atoms with Crippen molar-refractivity contribution in [3.05, 3.63) is 42.5 Å². The van der Waals surface area contributed by atoms with Gasteiger partial charge >= 0.3 is 0 Å². The van der Waals surface area contributed by atoms with Crippen LogP contribution in [0.4, 0.5) is 0 Å². The Morgan fingerprint density at radius 2 is 2.17 bits per heavy atom. The number of amides is 1. The van der Waals surface area contributed by atoms with Crippen molar-refractivity contribution in [1.29, 1.82) is 0 Å². The van der Waals surface area contributed by atoms with Gasteiger partial charge in [-0.15, -0.1) is 0 Å². The monoisotopic (exact) mass is 315 g/mol. The molecule has 0 unspecified atom stereocenters. The van der Waals surface area contributed by atoms with E-state index in [9.17, 15) is 4.79 Å². The molecule has 1 aromatic heterocycles. The molecular formula is C17H21N3O3. The molecule has 0 spiro atoms. The number of nitrogens with zero attached hydrogens (tertiary/aromatic N) is 2. The first-order valence-electron chi connectivity index (χ1n) is 7.78. The van der Waals surface area contributed by atoms with Gasteiger partial charge in [-0.1, -0.05) is 26.0 Å². The van der Waals surface area contributed by atoms with Crippen molar-refractivity contribution in [3.8, 4) is 11.5 Å². The van der Waals surface area contributed by atoms with E-state index in [-0.39, 0.29) is 12.5 Å². The molecule has 3 rings (SSSR count). The highest BCUT2D eigenvalue weighted by molar-refractivity contribution is 5.81. The van der Waals surface area contributed by atoms with Crippen molar-refractivity contribution < 1.29 is 14.3 Å². The Morgan fingerprint density at radius 3 is 2.96 bits per heavy atom. The van der Waals surface area contributed by atoms with Crippen LogP contribution in [0, 0.1) is 5.92 Å². The van der Waals surface area contributed by atoms with Crippen molar-refractivity contribution in [2.24, 2.45) is 5.92 Å². The van der Waals surface area contributed by atoms with Gasteiger partial charge in [0.25, 0.3) is 5.91 Å². The van der Waals surface area contributed by atoms with Gasteiger partial charge in [0.15, 0.2) is 11.5 Å². The number of rotatable bonds is 5. The molecule has 0 aliphatic carbocycles. The first-order valence-corrected chi connectivity index (χ1v) is 7.78. The largest absolute Gasteiger partial charge is 0.485 e. The Balaban J connectivity index is 1.57. The van der Waals surface area contributed by atoms with Crippen molar-refractivity contribution in [2.45, 2.75) is 33.0 Å². The van der Waals surface area contributed by atoms with Crippen LogP contribution >= 0.6 is 0 Å². The summed E-state index contributed by atoms with van der Waals surface area (Å²) < 4.78 is 13.3. The molecule has 122 valence electrons. The lowest BCUT2D eigenvalue weighted by molar-refractivity contribution is -0.130. The van der Waals surface area contributed by atoms with Crippen LogP contribution in [0.15, 0.2) is 36.8 Å². The number of carbonyl (C=O) groups excluding carboxylic acids is 1. The molecule has 0 fully saturated rings. The Labute approximate surface area is 135 Å². The molecule has 6 heteroatoms. The zero-order valence-electron chi connectivity index (χ0n) is 13.4. The number of aromatic nitrogens is 2. The van der Waals surface area contributed by atoms with Gasteiger partial charge in [-0.2, -0.15) is 0 Å². The molecule has 0 saturated heterocycles. The van der Waals surface area contributed by atoms with Crippen LogP contribution in [0.2, 0.25) is 0 Å². The molecule has 0 bridgehead atoms. The highest BCUT2D eigenvalue weighted by Gasteiger charge is 2.27. The van der Waals surface area contributed by atoms with E-state index in [1.165, 1.54) is 0 Å². The second kappa shape index (κ2) is 6.73. The minimum atomic E-state index is -0.633. The Bertz CT molecular complexity index is 681. The Morgan fingerprint density at radius 1 is 1.39 bits per heavy atom. The van der Waals surface area contributed by atoms with Crippen LogP contribution < -0.4 is 14.8 Å². The lowest BCUT2D eigenvalue weighted by Gasteiger charge is -2.25. The lowest BCUT2D eigenvalue weighted by Crippen LogP contribution is -2.43. The number of hydrogen-bond acceptors (Lipinski definition) is 4. The van der Waals surface area contributed by atoms with E-state index >= 15 is 0 Å². The predicted molar refractivity (Wildman–Crippen MR) is 85.3 cm³/mol. The average Bonchev–Trinajstić information content (AvgIpc) is 2.98. The number of para-hydroxylation sites is 2. The van der Waals surface area contributed by atoms with Crippen LogP contribution in [0.1, 0.15) is 19.5 Å². The second-order valence-electron chi connectivity index (χ2n) is 6.01. The summed E-state index contributed by atoms with van der Waals surface area (Å²) in [5, 5.41) is 2.89. The Kier molecular flexibility index (Phi) is 4.50. The van der Waals surface area contributed by atoms with Crippen LogP contribution in [0.25, 0.3) is 0 Å². The molecule has 0 radical (unpaired) electrons. The molecule has 1 aliphatic rings. The van der Waals surface area contributed by atoms with Gasteiger partial charge in [-0.05, 0) is 18.1 Å². The highest BCUT2D eigenvalue weighted by atomic mass is 16.6. The van der Waals surface area contributed by atoms with Gasteiger partial charge in [0, 0.05) is 12.7 Å². The molecule has 1 N–H and O–H groups in total. The minimum absolute atomic E-state index is 0.184. The summed E-state index contributed by atoms with van der Waals surface area (Å²) in [7, 11) is 0. The molecule has 0 saturated carbocycles. The maximum Gasteiger partial charge on any atom is 0.265 e. The van der Waals surface area contributed by atoms with Gasteiger partial charge in [0.2, 0.25) is 6.10 Å². The van der Waals surface area contributed by atoms with E-state index in [1.54, 1.807) is 18.6 Å². The number of fused-ring (bicyclic) bond motifs is 1. The Hall–Kier alpha value is -2.50. The van der Waals surface area contributed by atoms with E-state index < -0.39 is 6.10 Å². The number of nitrogens with one attached hydrogen (secondary N) is 1. The molecule has 1 atom stereocenters. The summed E-state index contributed by atoms with van der Waals surface area (Å²) in [4.78, 5) is 16.4. The van der Waals surface area contributed by atoms with Crippen LogP contribution in [0.5, 0.6) is 11.5 Å². The molecule has 23 heavy (non-hydrogen) atoms. The minimum Gasteiger partial charge on any atom is -0.485 e.